The summed E-state index contributed by atoms with van der Waals surface area (Å²) in [4.78, 5) is 10.7. The first kappa shape index (κ1) is 15.2. The maximum absolute atomic E-state index is 11.1. The molecule has 0 aliphatic carbocycles. The second kappa shape index (κ2) is 7.58. The zero-order valence-corrected chi connectivity index (χ0v) is 11.4. The summed E-state index contributed by atoms with van der Waals surface area (Å²) in [5.41, 5.74) is 6.11. The van der Waals surface area contributed by atoms with E-state index in [9.17, 15) is 10.1 Å². The van der Waals surface area contributed by atoms with Gasteiger partial charge in [-0.3, -0.25) is 10.1 Å². The van der Waals surface area contributed by atoms with Crippen molar-refractivity contribution in [3.63, 3.8) is 0 Å². The van der Waals surface area contributed by atoms with E-state index in [1.807, 2.05) is 0 Å². The van der Waals surface area contributed by atoms with Crippen molar-refractivity contribution in [1.82, 2.24) is 0 Å². The topological polar surface area (TPSA) is 90.4 Å². The third-order valence-electron chi connectivity index (χ3n) is 2.95. The number of anilines is 1. The zero-order chi connectivity index (χ0) is 14.3. The maximum Gasteiger partial charge on any atom is 0.333 e. The minimum atomic E-state index is -0.436. The van der Waals surface area contributed by atoms with Crippen LogP contribution in [0.2, 0.25) is 0 Å². The Hall–Kier alpha value is -1.82. The molecule has 6 heteroatoms. The smallest absolute Gasteiger partial charge is 0.333 e. The number of nitrogens with one attached hydrogen (secondary N) is 1. The van der Waals surface area contributed by atoms with Crippen molar-refractivity contribution in [2.24, 2.45) is 5.73 Å². The molecule has 0 bridgehead atoms. The first-order valence-corrected chi connectivity index (χ1v) is 6.42. The number of nitrogens with zero attached hydrogens (tertiary/aromatic N) is 1. The van der Waals surface area contributed by atoms with Crippen molar-refractivity contribution < 1.29 is 9.66 Å². The molecule has 3 N–H and O–H groups in total. The number of benzene rings is 1. The highest BCUT2D eigenvalue weighted by Crippen LogP contribution is 2.34. The van der Waals surface area contributed by atoms with E-state index in [4.69, 9.17) is 10.5 Å². The normalized spacial score (nSPS) is 11.9. The zero-order valence-electron chi connectivity index (χ0n) is 11.4. The van der Waals surface area contributed by atoms with Crippen LogP contribution in [0.5, 0.6) is 5.75 Å². The van der Waals surface area contributed by atoms with Crippen molar-refractivity contribution in [2.45, 2.75) is 32.2 Å². The summed E-state index contributed by atoms with van der Waals surface area (Å²) in [5, 5.41) is 14.3. The Morgan fingerprint density at radius 1 is 1.53 bits per heavy atom. The van der Waals surface area contributed by atoms with E-state index in [-0.39, 0.29) is 17.5 Å². The third-order valence-corrected chi connectivity index (χ3v) is 2.95. The van der Waals surface area contributed by atoms with Gasteiger partial charge >= 0.3 is 5.69 Å². The molecule has 1 unspecified atom stereocenters. The Bertz CT molecular complexity index is 424. The lowest BCUT2D eigenvalue weighted by Crippen LogP contribution is -2.29. The number of hydrogen-bond acceptors (Lipinski definition) is 5. The lowest BCUT2D eigenvalue weighted by molar-refractivity contribution is -0.384. The van der Waals surface area contributed by atoms with Crippen molar-refractivity contribution in [1.29, 1.82) is 0 Å². The first-order valence-electron chi connectivity index (χ1n) is 6.42. The number of nitro groups is 1. The minimum Gasteiger partial charge on any atom is -0.490 e. The predicted molar refractivity (Wildman–Crippen MR) is 75.6 cm³/mol. The van der Waals surface area contributed by atoms with Crippen molar-refractivity contribution in [3.8, 4) is 5.75 Å². The molecule has 6 nitrogen and oxygen atoms in total. The molecule has 0 radical (unpaired) electrons. The summed E-state index contributed by atoms with van der Waals surface area (Å²) in [6, 6.07) is 5.01. The summed E-state index contributed by atoms with van der Waals surface area (Å²) in [7, 11) is 1.42. The van der Waals surface area contributed by atoms with Crippen LogP contribution in [0, 0.1) is 10.1 Å². The Labute approximate surface area is 113 Å². The molecule has 1 aromatic carbocycles. The van der Waals surface area contributed by atoms with Gasteiger partial charge in [-0.15, -0.1) is 0 Å². The number of methoxy groups -OCH3 is 1. The van der Waals surface area contributed by atoms with Gasteiger partial charge in [0.2, 0.25) is 0 Å². The highest BCUT2D eigenvalue weighted by molar-refractivity contribution is 5.68. The fraction of sp³-hybridized carbons (Fsp3) is 0.538. The number of nitrogens with two attached hydrogens (primary N) is 1. The number of unbranched alkanes of at least 4 members (excludes halogenated alkanes) is 1. The van der Waals surface area contributed by atoms with Gasteiger partial charge in [0.1, 0.15) is 5.69 Å². The minimum absolute atomic E-state index is 0.0331. The molecule has 0 saturated heterocycles. The van der Waals surface area contributed by atoms with E-state index in [1.165, 1.54) is 7.11 Å². The summed E-state index contributed by atoms with van der Waals surface area (Å²) < 4.78 is 5.03. The SMILES string of the molecule is CCCCC(CN)Nc1cccc(OC)c1[N+](=O)[O-]. The lowest BCUT2D eigenvalue weighted by atomic mass is 10.1. The summed E-state index contributed by atoms with van der Waals surface area (Å²) in [6.07, 6.45) is 2.99. The van der Waals surface area contributed by atoms with Gasteiger partial charge in [0.05, 0.1) is 12.0 Å². The number of hydrogen-bond donors (Lipinski definition) is 2. The van der Waals surface area contributed by atoms with Crippen LogP contribution >= 0.6 is 0 Å². The van der Waals surface area contributed by atoms with Crippen molar-refractivity contribution >= 4 is 11.4 Å². The largest absolute Gasteiger partial charge is 0.490 e. The van der Waals surface area contributed by atoms with Gasteiger partial charge in [-0.2, -0.15) is 0 Å². The van der Waals surface area contributed by atoms with Crippen molar-refractivity contribution in [3.05, 3.63) is 28.3 Å². The van der Waals surface area contributed by atoms with Gasteiger partial charge < -0.3 is 15.8 Å². The van der Waals surface area contributed by atoms with Crippen molar-refractivity contribution in [2.75, 3.05) is 19.0 Å². The van der Waals surface area contributed by atoms with Crippen LogP contribution < -0.4 is 15.8 Å². The standard InChI is InChI=1S/C13H21N3O3/c1-3-4-6-10(9-14)15-11-7-5-8-12(19-2)13(11)16(17)18/h5,7-8,10,15H,3-4,6,9,14H2,1-2H3. The van der Waals surface area contributed by atoms with Gasteiger partial charge in [-0.25, -0.2) is 0 Å². The van der Waals surface area contributed by atoms with Crippen LogP contribution in [0.3, 0.4) is 0 Å². The van der Waals surface area contributed by atoms with Gasteiger partial charge in [0.25, 0.3) is 0 Å². The molecule has 0 aliphatic rings. The van der Waals surface area contributed by atoms with Crippen LogP contribution in [-0.2, 0) is 0 Å². The second-order valence-corrected chi connectivity index (χ2v) is 4.33. The van der Waals surface area contributed by atoms with Crippen LogP contribution in [-0.4, -0.2) is 24.6 Å². The Kier molecular flexibility index (Phi) is 6.08. The molecule has 1 atom stereocenters. The van der Waals surface area contributed by atoms with E-state index in [0.29, 0.717) is 12.2 Å². The molecule has 0 heterocycles. The summed E-state index contributed by atoms with van der Waals surface area (Å²) in [5.74, 6) is 0.251. The Balaban J connectivity index is 2.95. The molecule has 19 heavy (non-hydrogen) atoms. The van der Waals surface area contributed by atoms with Crippen LogP contribution in [0.1, 0.15) is 26.2 Å². The molecular formula is C13H21N3O3. The molecule has 0 amide bonds. The van der Waals surface area contributed by atoms with Crippen LogP contribution in [0.25, 0.3) is 0 Å². The molecule has 106 valence electrons. The molecule has 0 spiro atoms. The van der Waals surface area contributed by atoms with Crippen LogP contribution in [0.4, 0.5) is 11.4 Å². The number of rotatable bonds is 8. The predicted octanol–water partition coefficient (Wildman–Crippen LogP) is 2.53. The van der Waals surface area contributed by atoms with Gasteiger partial charge in [0.15, 0.2) is 5.75 Å². The quantitative estimate of drug-likeness (QED) is 0.558. The molecule has 1 aromatic rings. The number of ether oxygens (including phenoxy) is 1. The molecule has 0 fully saturated rings. The summed E-state index contributed by atoms with van der Waals surface area (Å²) in [6.45, 7) is 2.54. The first-order chi connectivity index (χ1) is 9.13. The highest BCUT2D eigenvalue weighted by Gasteiger charge is 2.21. The van der Waals surface area contributed by atoms with E-state index in [0.717, 1.165) is 19.3 Å². The maximum atomic E-state index is 11.1. The fourth-order valence-corrected chi connectivity index (χ4v) is 1.91. The monoisotopic (exact) mass is 267 g/mol. The summed E-state index contributed by atoms with van der Waals surface area (Å²) >= 11 is 0. The van der Waals surface area contributed by atoms with Gasteiger partial charge in [-0.1, -0.05) is 25.8 Å². The van der Waals surface area contributed by atoms with E-state index in [1.54, 1.807) is 18.2 Å². The van der Waals surface area contributed by atoms with E-state index < -0.39 is 4.92 Å². The number of para-hydroxylation sites is 1. The average Bonchev–Trinajstić information content (AvgIpc) is 2.42. The highest BCUT2D eigenvalue weighted by atomic mass is 16.6. The molecular weight excluding hydrogens is 246 g/mol. The Morgan fingerprint density at radius 3 is 2.79 bits per heavy atom. The van der Waals surface area contributed by atoms with E-state index in [2.05, 4.69) is 12.2 Å². The van der Waals surface area contributed by atoms with Crippen LogP contribution in [0.15, 0.2) is 18.2 Å². The average molecular weight is 267 g/mol. The second-order valence-electron chi connectivity index (χ2n) is 4.33. The molecule has 0 saturated carbocycles. The number of nitro benzene ring substituents is 1. The van der Waals surface area contributed by atoms with Gasteiger partial charge in [0, 0.05) is 12.6 Å². The third kappa shape index (κ3) is 4.10. The van der Waals surface area contributed by atoms with E-state index >= 15 is 0 Å². The lowest BCUT2D eigenvalue weighted by Gasteiger charge is -2.18. The van der Waals surface area contributed by atoms with Gasteiger partial charge in [-0.05, 0) is 18.6 Å². The molecule has 0 aliphatic heterocycles. The molecule has 1 rings (SSSR count). The molecule has 0 aromatic heterocycles. The Morgan fingerprint density at radius 2 is 2.26 bits per heavy atom. The fourth-order valence-electron chi connectivity index (χ4n) is 1.91.